The molecule has 0 aromatic carbocycles. The Balaban J connectivity index is 2.28. The average Bonchev–Trinajstić information content (AvgIpc) is 3.22. The van der Waals surface area contributed by atoms with Gasteiger partial charge in [0.05, 0.1) is 19.8 Å². The average molecular weight is 817 g/mol. The minimum Gasteiger partial charge on any atom is -0.457 e. The van der Waals surface area contributed by atoms with Gasteiger partial charge in [0.25, 0.3) is 0 Å². The van der Waals surface area contributed by atoms with Crippen molar-refractivity contribution in [3.05, 3.63) is 72.9 Å². The quantitative estimate of drug-likeness (QED) is 0.0273. The second-order valence-corrected chi connectivity index (χ2v) is 15.5. The lowest BCUT2D eigenvalue weighted by Crippen LogP contribution is -2.59. The number of hydrogen-bond acceptors (Lipinski definition) is 9. The molecule has 4 N–H and O–H groups in total. The molecule has 0 spiro atoms. The molecule has 1 heterocycles. The minimum absolute atomic E-state index is 0.126. The fourth-order valence-electron chi connectivity index (χ4n) is 6.51. The number of aliphatic hydroxyl groups is 4. The van der Waals surface area contributed by atoms with Gasteiger partial charge < -0.3 is 39.4 Å². The molecule has 6 atom stereocenters. The molecule has 1 aliphatic rings. The summed E-state index contributed by atoms with van der Waals surface area (Å²) in [4.78, 5) is 12.8. The first-order valence-corrected chi connectivity index (χ1v) is 23.0. The van der Waals surface area contributed by atoms with Crippen molar-refractivity contribution in [1.29, 1.82) is 0 Å². The maximum absolute atomic E-state index is 12.8. The zero-order chi connectivity index (χ0) is 42.2. The molecule has 1 aliphatic heterocycles. The summed E-state index contributed by atoms with van der Waals surface area (Å²) in [5, 5.41) is 40.1. The fraction of sp³-hybridized carbons (Fsp3) is 0.735. The van der Waals surface area contributed by atoms with Gasteiger partial charge in [0.2, 0.25) is 0 Å². The largest absolute Gasteiger partial charge is 0.457 e. The number of hydrogen-bond donors (Lipinski definition) is 4. The van der Waals surface area contributed by atoms with E-state index in [0.717, 1.165) is 89.9 Å². The fourth-order valence-corrected chi connectivity index (χ4v) is 6.51. The van der Waals surface area contributed by atoms with Crippen LogP contribution in [0.15, 0.2) is 72.9 Å². The molecule has 0 aliphatic carbocycles. The summed E-state index contributed by atoms with van der Waals surface area (Å²) in [6, 6.07) is 0. The number of carbonyl (C=O) groups excluding carboxylic acids is 1. The first-order chi connectivity index (χ1) is 28.4. The van der Waals surface area contributed by atoms with Crippen molar-refractivity contribution in [2.45, 2.75) is 205 Å². The van der Waals surface area contributed by atoms with Crippen LogP contribution in [0.2, 0.25) is 0 Å². The van der Waals surface area contributed by atoms with Crippen LogP contribution in [0.25, 0.3) is 0 Å². The van der Waals surface area contributed by atoms with Crippen LogP contribution in [0.4, 0.5) is 0 Å². The van der Waals surface area contributed by atoms with Crippen molar-refractivity contribution >= 4 is 5.97 Å². The molecule has 58 heavy (non-hydrogen) atoms. The third kappa shape index (κ3) is 30.6. The van der Waals surface area contributed by atoms with Gasteiger partial charge in [-0.3, -0.25) is 4.79 Å². The Morgan fingerprint density at radius 3 is 1.59 bits per heavy atom. The predicted octanol–water partition coefficient (Wildman–Crippen LogP) is 10.5. The number of aliphatic hydroxyl groups excluding tert-OH is 4. The summed E-state index contributed by atoms with van der Waals surface area (Å²) in [7, 11) is 0. The topological polar surface area (TPSA) is 135 Å². The van der Waals surface area contributed by atoms with Gasteiger partial charge in [-0.25, -0.2) is 0 Å². The Morgan fingerprint density at radius 1 is 0.569 bits per heavy atom. The highest BCUT2D eigenvalue weighted by Crippen LogP contribution is 2.22. The molecule has 6 unspecified atom stereocenters. The summed E-state index contributed by atoms with van der Waals surface area (Å²) in [6.45, 7) is 4.36. The third-order valence-electron chi connectivity index (χ3n) is 10.1. The summed E-state index contributed by atoms with van der Waals surface area (Å²) >= 11 is 0. The van der Waals surface area contributed by atoms with E-state index in [9.17, 15) is 25.2 Å². The Hall–Kier alpha value is -2.37. The van der Waals surface area contributed by atoms with Crippen molar-refractivity contribution in [2.75, 3.05) is 26.4 Å². The van der Waals surface area contributed by atoms with Crippen LogP contribution in [-0.4, -0.2) is 89.6 Å². The van der Waals surface area contributed by atoms with Gasteiger partial charge in [0.1, 0.15) is 30.5 Å². The first kappa shape index (κ1) is 53.6. The molecule has 9 heteroatoms. The van der Waals surface area contributed by atoms with Crippen LogP contribution < -0.4 is 0 Å². The van der Waals surface area contributed by atoms with E-state index in [2.05, 4.69) is 86.8 Å². The highest BCUT2D eigenvalue weighted by atomic mass is 16.7. The molecule has 0 radical (unpaired) electrons. The standard InChI is InChI=1S/C49H84O9/c1-3-5-7-9-11-13-15-17-19-21-22-23-24-26-28-30-32-34-36-38-45(51)57-43(42-56-49-48(54)47(53)46(52)44(40-50)58-49)41-55-39-37-35-33-31-29-27-25-20-18-16-14-12-10-8-6-4-2/h6,8,11-14,17-20,22-23,43-44,46-50,52-54H,3-5,7,9-10,15-16,21,24-42H2,1-2H3/b8-6-,13-11-,14-12-,19-17-,20-18-,23-22-. The van der Waals surface area contributed by atoms with Crippen LogP contribution in [0, 0.1) is 0 Å². The summed E-state index contributed by atoms with van der Waals surface area (Å²) in [6.07, 6.45) is 44.9. The smallest absolute Gasteiger partial charge is 0.306 e. The van der Waals surface area contributed by atoms with Gasteiger partial charge in [0, 0.05) is 13.0 Å². The van der Waals surface area contributed by atoms with Crippen LogP contribution in [0.1, 0.15) is 168 Å². The molecular weight excluding hydrogens is 733 g/mol. The van der Waals surface area contributed by atoms with E-state index in [0.29, 0.717) is 13.0 Å². The normalized spacial score (nSPS) is 21.0. The number of allylic oxidation sites excluding steroid dienone is 12. The van der Waals surface area contributed by atoms with E-state index < -0.39 is 43.4 Å². The van der Waals surface area contributed by atoms with E-state index in [-0.39, 0.29) is 19.2 Å². The number of unbranched alkanes of at least 4 members (excludes halogenated alkanes) is 15. The summed E-state index contributed by atoms with van der Waals surface area (Å²) in [5.74, 6) is -0.334. The molecule has 0 aromatic rings. The zero-order valence-electron chi connectivity index (χ0n) is 36.5. The van der Waals surface area contributed by atoms with E-state index in [1.165, 1.54) is 57.8 Å². The second-order valence-electron chi connectivity index (χ2n) is 15.5. The van der Waals surface area contributed by atoms with Gasteiger partial charge in [-0.05, 0) is 83.5 Å². The highest BCUT2D eigenvalue weighted by molar-refractivity contribution is 5.69. The van der Waals surface area contributed by atoms with Crippen LogP contribution in [0.5, 0.6) is 0 Å². The lowest BCUT2D eigenvalue weighted by molar-refractivity contribution is -0.305. The second kappa shape index (κ2) is 40.1. The monoisotopic (exact) mass is 817 g/mol. The highest BCUT2D eigenvalue weighted by Gasteiger charge is 2.44. The van der Waals surface area contributed by atoms with E-state index >= 15 is 0 Å². The molecule has 9 nitrogen and oxygen atoms in total. The predicted molar refractivity (Wildman–Crippen MR) is 237 cm³/mol. The van der Waals surface area contributed by atoms with Gasteiger partial charge in [-0.1, -0.05) is 151 Å². The molecular formula is C49H84O9. The van der Waals surface area contributed by atoms with Gasteiger partial charge in [0.15, 0.2) is 6.29 Å². The lowest BCUT2D eigenvalue weighted by atomic mass is 9.99. The van der Waals surface area contributed by atoms with E-state index in [1.807, 2.05) is 0 Å². The van der Waals surface area contributed by atoms with Crippen LogP contribution in [-0.2, 0) is 23.7 Å². The third-order valence-corrected chi connectivity index (χ3v) is 10.1. The Morgan fingerprint density at radius 2 is 1.05 bits per heavy atom. The Bertz CT molecular complexity index is 1110. The van der Waals surface area contributed by atoms with Crippen molar-refractivity contribution in [3.8, 4) is 0 Å². The van der Waals surface area contributed by atoms with Crippen LogP contribution in [0.3, 0.4) is 0 Å². The van der Waals surface area contributed by atoms with Crippen molar-refractivity contribution in [3.63, 3.8) is 0 Å². The molecule has 1 fully saturated rings. The van der Waals surface area contributed by atoms with Gasteiger partial charge in [-0.15, -0.1) is 0 Å². The van der Waals surface area contributed by atoms with Gasteiger partial charge in [-0.2, -0.15) is 0 Å². The van der Waals surface area contributed by atoms with Crippen LogP contribution >= 0.6 is 0 Å². The molecule has 1 saturated heterocycles. The number of esters is 1. The van der Waals surface area contributed by atoms with E-state index in [1.54, 1.807) is 0 Å². The minimum atomic E-state index is -1.55. The first-order valence-electron chi connectivity index (χ1n) is 23.0. The van der Waals surface area contributed by atoms with Crippen molar-refractivity contribution in [2.24, 2.45) is 0 Å². The number of ether oxygens (including phenoxy) is 4. The molecule has 0 amide bonds. The summed E-state index contributed by atoms with van der Waals surface area (Å²) in [5.41, 5.74) is 0. The number of carbonyl (C=O) groups is 1. The lowest BCUT2D eigenvalue weighted by Gasteiger charge is -2.39. The van der Waals surface area contributed by atoms with Crippen molar-refractivity contribution in [1.82, 2.24) is 0 Å². The Labute approximate surface area is 353 Å². The maximum atomic E-state index is 12.8. The number of rotatable bonds is 38. The molecule has 0 aromatic heterocycles. The SMILES string of the molecule is CC/C=C\C/C=C\C/C=C\CCCCCCCCOCC(COC1OC(CO)C(O)C(O)C1O)OC(=O)CCCCCCCC/C=C\C/C=C\C/C=C\CCCCC. The zero-order valence-corrected chi connectivity index (χ0v) is 36.5. The van der Waals surface area contributed by atoms with E-state index in [4.69, 9.17) is 18.9 Å². The molecule has 0 bridgehead atoms. The Kier molecular flexibility index (Phi) is 37.1. The van der Waals surface area contributed by atoms with Crippen molar-refractivity contribution < 1.29 is 44.2 Å². The summed E-state index contributed by atoms with van der Waals surface area (Å²) < 4.78 is 22.8. The molecule has 0 saturated carbocycles. The maximum Gasteiger partial charge on any atom is 0.306 e. The molecule has 1 rings (SSSR count). The molecule has 334 valence electrons. The van der Waals surface area contributed by atoms with Gasteiger partial charge >= 0.3 is 5.97 Å².